The minimum atomic E-state index is -4.00. The molecule has 0 radical (unpaired) electrons. The van der Waals surface area contributed by atoms with Gasteiger partial charge in [-0.15, -0.1) is 0 Å². The third kappa shape index (κ3) is 5.84. The topological polar surface area (TPSA) is 96.9 Å². The molecule has 8 nitrogen and oxygen atoms in total. The summed E-state index contributed by atoms with van der Waals surface area (Å²) in [7, 11) is -4.00. The minimum Gasteiger partial charge on any atom is -0.467 e. The summed E-state index contributed by atoms with van der Waals surface area (Å²) in [6.45, 7) is 2.30. The number of hydrogen-bond acceptors (Lipinski definition) is 6. The van der Waals surface area contributed by atoms with Gasteiger partial charge >= 0.3 is 0 Å². The third-order valence-corrected chi connectivity index (χ3v) is 9.62. The van der Waals surface area contributed by atoms with E-state index in [4.69, 9.17) is 8.94 Å². The lowest BCUT2D eigenvalue weighted by Crippen LogP contribution is -2.46. The van der Waals surface area contributed by atoms with E-state index in [1.807, 2.05) is 17.0 Å². The van der Waals surface area contributed by atoms with E-state index in [1.165, 1.54) is 29.4 Å². The van der Waals surface area contributed by atoms with E-state index in [1.54, 1.807) is 6.26 Å². The molecule has 5 rings (SSSR count). The summed E-state index contributed by atoms with van der Waals surface area (Å²) < 4.78 is 66.6. The molecule has 0 spiro atoms. The van der Waals surface area contributed by atoms with Gasteiger partial charge in [0.05, 0.1) is 12.8 Å². The van der Waals surface area contributed by atoms with Gasteiger partial charge in [0.25, 0.3) is 0 Å². The molecule has 39 heavy (non-hydrogen) atoms. The second kappa shape index (κ2) is 11.4. The van der Waals surface area contributed by atoms with E-state index in [2.05, 4.69) is 5.16 Å². The van der Waals surface area contributed by atoms with Gasteiger partial charge < -0.3 is 13.8 Å². The Labute approximate surface area is 226 Å². The smallest absolute Gasteiger partial charge is 0.248 e. The fraction of sp³-hybridized carbons (Fsp3) is 0.429. The van der Waals surface area contributed by atoms with Crippen LogP contribution in [-0.2, 0) is 21.4 Å². The van der Waals surface area contributed by atoms with Crippen molar-refractivity contribution in [2.45, 2.75) is 62.9 Å². The largest absolute Gasteiger partial charge is 0.467 e. The maximum atomic E-state index is 14.0. The Bertz CT molecular complexity index is 1440. The van der Waals surface area contributed by atoms with Gasteiger partial charge in [0.1, 0.15) is 23.1 Å². The van der Waals surface area contributed by atoms with Crippen LogP contribution in [-0.4, -0.2) is 47.8 Å². The van der Waals surface area contributed by atoms with Crippen molar-refractivity contribution in [3.8, 4) is 0 Å². The highest BCUT2D eigenvalue weighted by molar-refractivity contribution is 7.89. The maximum absolute atomic E-state index is 14.0. The number of halogens is 2. The van der Waals surface area contributed by atoms with Crippen LogP contribution >= 0.6 is 0 Å². The van der Waals surface area contributed by atoms with Crippen molar-refractivity contribution in [1.82, 2.24) is 14.4 Å². The van der Waals surface area contributed by atoms with Crippen LogP contribution in [0.15, 0.2) is 50.4 Å². The molecule has 1 amide bonds. The zero-order valence-corrected chi connectivity index (χ0v) is 22.5. The molecule has 0 N–H and O–H groups in total. The van der Waals surface area contributed by atoms with Crippen molar-refractivity contribution >= 4 is 28.1 Å². The van der Waals surface area contributed by atoms with E-state index in [-0.39, 0.29) is 52.9 Å². The van der Waals surface area contributed by atoms with Crippen molar-refractivity contribution in [2.24, 2.45) is 5.92 Å². The number of furan rings is 1. The Balaban J connectivity index is 1.29. The molecule has 0 unspecified atom stereocenters. The van der Waals surface area contributed by atoms with E-state index in [0.717, 1.165) is 43.6 Å². The zero-order valence-electron chi connectivity index (χ0n) is 21.7. The molecule has 2 fully saturated rings. The van der Waals surface area contributed by atoms with Crippen LogP contribution in [0.1, 0.15) is 61.3 Å². The quantitative estimate of drug-likeness (QED) is 0.367. The molecule has 3 heterocycles. The number of amides is 1. The minimum absolute atomic E-state index is 0.0414. The number of carbonyl (C=O) groups excluding carboxylic acids is 1. The third-order valence-electron chi connectivity index (χ3n) is 7.57. The SMILES string of the molecule is Cc1noc(C=Cc2ccc(F)cc2F)c1S(=O)(=O)N1CCC(C(=O)N(Cc2ccco2)C2CCCC2)CC1. The Morgan fingerprint density at radius 1 is 1.13 bits per heavy atom. The first-order chi connectivity index (χ1) is 18.7. The molecule has 3 aromatic rings. The number of aryl methyl sites for hydroxylation is 1. The Morgan fingerprint density at radius 2 is 1.87 bits per heavy atom. The van der Waals surface area contributed by atoms with E-state index in [9.17, 15) is 22.0 Å². The Morgan fingerprint density at radius 3 is 2.54 bits per heavy atom. The normalized spacial score (nSPS) is 17.8. The zero-order chi connectivity index (χ0) is 27.6. The van der Waals surface area contributed by atoms with Crippen molar-refractivity contribution in [2.75, 3.05) is 13.1 Å². The van der Waals surface area contributed by atoms with Crippen LogP contribution in [0.5, 0.6) is 0 Å². The standard InChI is InChI=1S/C28H31F2N3O5S/c1-19-27(26(38-31-19)11-9-20-8-10-22(29)17-25(20)30)39(35,36)32-14-12-21(13-15-32)28(34)33(23-5-2-3-6-23)18-24-7-4-16-37-24/h4,7-11,16-17,21,23H,2-3,5-6,12-15,18H2,1H3. The van der Waals surface area contributed by atoms with Crippen LogP contribution in [0.4, 0.5) is 8.78 Å². The number of carbonyl (C=O) groups is 1. The number of sulfonamides is 1. The molecule has 1 saturated heterocycles. The summed E-state index contributed by atoms with van der Waals surface area (Å²) in [6.07, 6.45) is 9.13. The van der Waals surface area contributed by atoms with Crippen LogP contribution in [0.3, 0.4) is 0 Å². The van der Waals surface area contributed by atoms with Crippen molar-refractivity contribution in [1.29, 1.82) is 0 Å². The van der Waals surface area contributed by atoms with E-state index >= 15 is 0 Å². The lowest BCUT2D eigenvalue weighted by Gasteiger charge is -2.35. The highest BCUT2D eigenvalue weighted by Crippen LogP contribution is 2.32. The van der Waals surface area contributed by atoms with Gasteiger partial charge in [-0.3, -0.25) is 4.79 Å². The lowest BCUT2D eigenvalue weighted by atomic mass is 9.95. The number of rotatable bonds is 8. The number of piperidine rings is 1. The van der Waals surface area contributed by atoms with Crippen LogP contribution in [0.25, 0.3) is 12.2 Å². The number of aromatic nitrogens is 1. The summed E-state index contributed by atoms with van der Waals surface area (Å²) in [5.41, 5.74) is 0.257. The average Bonchev–Trinajstić information content (AvgIpc) is 3.69. The highest BCUT2D eigenvalue weighted by Gasteiger charge is 2.38. The molecule has 0 bridgehead atoms. The molecule has 1 saturated carbocycles. The van der Waals surface area contributed by atoms with E-state index < -0.39 is 21.7 Å². The summed E-state index contributed by atoms with van der Waals surface area (Å²) in [4.78, 5) is 15.4. The molecule has 11 heteroatoms. The van der Waals surface area contributed by atoms with E-state index in [0.29, 0.717) is 19.4 Å². The summed E-state index contributed by atoms with van der Waals surface area (Å²) >= 11 is 0. The lowest BCUT2D eigenvalue weighted by molar-refractivity contribution is -0.140. The second-order valence-corrected chi connectivity index (χ2v) is 12.0. The van der Waals surface area contributed by atoms with Crippen LogP contribution < -0.4 is 0 Å². The van der Waals surface area contributed by atoms with Crippen molar-refractivity contribution < 1.29 is 30.9 Å². The number of benzene rings is 1. The monoisotopic (exact) mass is 559 g/mol. The van der Waals surface area contributed by atoms with Gasteiger partial charge in [-0.05, 0) is 69.0 Å². The fourth-order valence-electron chi connectivity index (χ4n) is 5.48. The molecule has 208 valence electrons. The second-order valence-electron chi connectivity index (χ2n) is 10.1. The first kappa shape index (κ1) is 27.3. The molecular weight excluding hydrogens is 528 g/mol. The van der Waals surface area contributed by atoms with Gasteiger partial charge in [-0.1, -0.05) is 18.0 Å². The molecule has 1 aliphatic heterocycles. The van der Waals surface area contributed by atoms with Gasteiger partial charge in [-0.25, -0.2) is 17.2 Å². The summed E-state index contributed by atoms with van der Waals surface area (Å²) in [5.74, 6) is -1.03. The Hall–Kier alpha value is -3.31. The summed E-state index contributed by atoms with van der Waals surface area (Å²) in [5, 5.41) is 3.82. The summed E-state index contributed by atoms with van der Waals surface area (Å²) in [6, 6.07) is 6.95. The highest BCUT2D eigenvalue weighted by atomic mass is 32.2. The predicted molar refractivity (Wildman–Crippen MR) is 140 cm³/mol. The molecule has 1 aliphatic carbocycles. The number of nitrogens with zero attached hydrogens (tertiary/aromatic N) is 3. The Kier molecular flexibility index (Phi) is 7.99. The van der Waals surface area contributed by atoms with Gasteiger partial charge in [-0.2, -0.15) is 4.31 Å². The first-order valence-electron chi connectivity index (χ1n) is 13.2. The van der Waals surface area contributed by atoms with Gasteiger partial charge in [0.15, 0.2) is 10.7 Å². The van der Waals surface area contributed by atoms with Crippen molar-refractivity contribution in [3.05, 3.63) is 71.0 Å². The first-order valence-corrected chi connectivity index (χ1v) is 14.6. The molecule has 2 aromatic heterocycles. The van der Waals surface area contributed by atoms with Crippen LogP contribution in [0, 0.1) is 24.5 Å². The molecular formula is C28H31F2N3O5S. The molecule has 2 aliphatic rings. The van der Waals surface area contributed by atoms with Gasteiger partial charge in [0, 0.05) is 36.7 Å². The fourth-order valence-corrected chi connectivity index (χ4v) is 7.20. The molecule has 0 atom stereocenters. The van der Waals surface area contributed by atoms with Crippen molar-refractivity contribution in [3.63, 3.8) is 0 Å². The maximum Gasteiger partial charge on any atom is 0.248 e. The average molecular weight is 560 g/mol. The number of hydrogen-bond donors (Lipinski definition) is 0. The molecule has 1 aromatic carbocycles. The van der Waals surface area contributed by atoms with Crippen LogP contribution in [0.2, 0.25) is 0 Å². The predicted octanol–water partition coefficient (Wildman–Crippen LogP) is 5.40. The van der Waals surface area contributed by atoms with Gasteiger partial charge in [0.2, 0.25) is 15.9 Å².